The van der Waals surface area contributed by atoms with E-state index < -0.39 is 11.6 Å². The van der Waals surface area contributed by atoms with Gasteiger partial charge in [0.2, 0.25) is 0 Å². The summed E-state index contributed by atoms with van der Waals surface area (Å²) in [6.07, 6.45) is 3.35. The monoisotopic (exact) mass is 252 g/mol. The topological polar surface area (TPSA) is 90.5 Å². The Kier molecular flexibility index (Phi) is 2.42. The molecule has 98 valence electrons. The van der Waals surface area contributed by atoms with E-state index in [0.29, 0.717) is 25.4 Å². The van der Waals surface area contributed by atoms with Crippen LogP contribution in [0.15, 0.2) is 0 Å². The van der Waals surface area contributed by atoms with Crippen molar-refractivity contribution < 1.29 is 14.4 Å². The van der Waals surface area contributed by atoms with Crippen LogP contribution in [0.3, 0.4) is 0 Å². The van der Waals surface area contributed by atoms with Gasteiger partial charge in [-0.3, -0.25) is 10.1 Å². The van der Waals surface area contributed by atoms with Gasteiger partial charge in [0.1, 0.15) is 5.54 Å². The molecule has 2 heterocycles. The molecule has 1 unspecified atom stereocenters. The highest BCUT2D eigenvalue weighted by atomic mass is 16.2. The molecule has 0 radical (unpaired) electrons. The number of imide groups is 1. The molecule has 3 rings (SSSR count). The molecule has 1 atom stereocenters. The highest BCUT2D eigenvalue weighted by molar-refractivity contribution is 6.07. The third-order valence-corrected chi connectivity index (χ3v) is 3.70. The van der Waals surface area contributed by atoms with Crippen molar-refractivity contribution in [2.45, 2.75) is 37.3 Å². The van der Waals surface area contributed by atoms with Gasteiger partial charge in [-0.2, -0.15) is 0 Å². The van der Waals surface area contributed by atoms with Gasteiger partial charge in [0, 0.05) is 12.6 Å². The molecule has 0 bridgehead atoms. The van der Waals surface area contributed by atoms with Crippen LogP contribution >= 0.6 is 0 Å². The number of urea groups is 2. The van der Waals surface area contributed by atoms with Crippen LogP contribution in [0.25, 0.3) is 0 Å². The second kappa shape index (κ2) is 3.86. The Morgan fingerprint density at radius 1 is 1.39 bits per heavy atom. The number of hydrogen-bond donors (Lipinski definition) is 3. The van der Waals surface area contributed by atoms with Crippen LogP contribution in [0, 0.1) is 0 Å². The summed E-state index contributed by atoms with van der Waals surface area (Å²) in [7, 11) is 0. The van der Waals surface area contributed by atoms with E-state index in [-0.39, 0.29) is 18.5 Å². The molecule has 1 aliphatic carbocycles. The average molecular weight is 252 g/mol. The fourth-order valence-corrected chi connectivity index (χ4v) is 2.54. The minimum absolute atomic E-state index is 0.134. The first-order valence-electron chi connectivity index (χ1n) is 6.28. The Morgan fingerprint density at radius 3 is 2.78 bits per heavy atom. The Labute approximate surface area is 104 Å². The van der Waals surface area contributed by atoms with E-state index in [1.54, 1.807) is 4.90 Å². The number of carbonyl (C=O) groups excluding carboxylic acids is 3. The summed E-state index contributed by atoms with van der Waals surface area (Å²) >= 11 is 0. The zero-order chi connectivity index (χ0) is 12.8. The van der Waals surface area contributed by atoms with Gasteiger partial charge < -0.3 is 15.5 Å². The molecule has 0 aromatic carbocycles. The summed E-state index contributed by atoms with van der Waals surface area (Å²) in [6, 6.07) is -0.308. The maximum Gasteiger partial charge on any atom is 0.322 e. The van der Waals surface area contributed by atoms with Gasteiger partial charge in [0.25, 0.3) is 5.91 Å². The first-order chi connectivity index (χ1) is 8.59. The molecule has 1 spiro atoms. The number of amides is 5. The van der Waals surface area contributed by atoms with Crippen LogP contribution in [-0.4, -0.2) is 47.5 Å². The lowest BCUT2D eigenvalue weighted by Gasteiger charge is -2.37. The van der Waals surface area contributed by atoms with E-state index in [0.717, 1.165) is 12.8 Å². The highest BCUT2D eigenvalue weighted by Crippen LogP contribution is 2.25. The average Bonchev–Trinajstić information content (AvgIpc) is 3.08. The number of hydrogen-bond acceptors (Lipinski definition) is 3. The van der Waals surface area contributed by atoms with E-state index >= 15 is 0 Å². The lowest BCUT2D eigenvalue weighted by Crippen LogP contribution is -2.61. The second-order valence-electron chi connectivity index (χ2n) is 5.24. The van der Waals surface area contributed by atoms with Gasteiger partial charge >= 0.3 is 12.1 Å². The van der Waals surface area contributed by atoms with Crippen molar-refractivity contribution in [1.29, 1.82) is 0 Å². The number of piperidine rings is 1. The van der Waals surface area contributed by atoms with Crippen molar-refractivity contribution in [1.82, 2.24) is 20.9 Å². The fourth-order valence-electron chi connectivity index (χ4n) is 2.54. The van der Waals surface area contributed by atoms with Gasteiger partial charge in [0.05, 0.1) is 6.54 Å². The van der Waals surface area contributed by atoms with Crippen LogP contribution < -0.4 is 16.0 Å². The number of rotatable bonds is 1. The predicted octanol–water partition coefficient (Wildman–Crippen LogP) is -0.468. The van der Waals surface area contributed by atoms with E-state index in [2.05, 4.69) is 16.0 Å². The zero-order valence-corrected chi connectivity index (χ0v) is 9.99. The van der Waals surface area contributed by atoms with Crippen molar-refractivity contribution in [3.8, 4) is 0 Å². The van der Waals surface area contributed by atoms with Crippen LogP contribution in [0.2, 0.25) is 0 Å². The number of nitrogens with zero attached hydrogens (tertiary/aromatic N) is 1. The van der Waals surface area contributed by atoms with Crippen LogP contribution in [0.4, 0.5) is 9.59 Å². The molecule has 2 aliphatic heterocycles. The first-order valence-corrected chi connectivity index (χ1v) is 6.28. The Balaban J connectivity index is 1.69. The molecule has 3 N–H and O–H groups in total. The smallest absolute Gasteiger partial charge is 0.322 e. The van der Waals surface area contributed by atoms with Crippen molar-refractivity contribution >= 4 is 18.0 Å². The Bertz CT molecular complexity index is 421. The largest absolute Gasteiger partial charge is 0.335 e. The molecule has 0 aromatic rings. The van der Waals surface area contributed by atoms with Crippen LogP contribution in [-0.2, 0) is 4.79 Å². The number of carbonyl (C=O) groups is 3. The van der Waals surface area contributed by atoms with E-state index in [1.165, 1.54) is 0 Å². The molecule has 0 aromatic heterocycles. The summed E-state index contributed by atoms with van der Waals surface area (Å²) in [6.45, 7) is 0.882. The lowest BCUT2D eigenvalue weighted by molar-refractivity contribution is -0.125. The van der Waals surface area contributed by atoms with E-state index in [1.807, 2.05) is 0 Å². The minimum atomic E-state index is -0.920. The van der Waals surface area contributed by atoms with Crippen LogP contribution in [0.1, 0.15) is 25.7 Å². The van der Waals surface area contributed by atoms with Crippen molar-refractivity contribution in [3.05, 3.63) is 0 Å². The Hall–Kier alpha value is -1.79. The van der Waals surface area contributed by atoms with Crippen LogP contribution in [0.5, 0.6) is 0 Å². The Morgan fingerprint density at radius 2 is 2.17 bits per heavy atom. The molecule has 3 aliphatic rings. The summed E-state index contributed by atoms with van der Waals surface area (Å²) in [5.41, 5.74) is -0.920. The molecule has 18 heavy (non-hydrogen) atoms. The third-order valence-electron chi connectivity index (χ3n) is 3.70. The maximum absolute atomic E-state index is 11.9. The van der Waals surface area contributed by atoms with Crippen molar-refractivity contribution in [3.63, 3.8) is 0 Å². The van der Waals surface area contributed by atoms with Gasteiger partial charge in [0.15, 0.2) is 0 Å². The second-order valence-corrected chi connectivity index (χ2v) is 5.24. The number of likely N-dealkylation sites (tertiary alicyclic amines) is 1. The summed E-state index contributed by atoms with van der Waals surface area (Å²) in [5, 5.41) is 7.79. The normalized spacial score (nSPS) is 31.2. The maximum atomic E-state index is 11.9. The van der Waals surface area contributed by atoms with E-state index in [9.17, 15) is 14.4 Å². The summed E-state index contributed by atoms with van der Waals surface area (Å²) in [5.74, 6) is -0.323. The predicted molar refractivity (Wildman–Crippen MR) is 61.8 cm³/mol. The molecule has 1 saturated carbocycles. The van der Waals surface area contributed by atoms with Gasteiger partial charge in [-0.25, -0.2) is 9.59 Å². The zero-order valence-electron chi connectivity index (χ0n) is 9.99. The lowest BCUT2D eigenvalue weighted by atomic mass is 9.89. The molecular weight excluding hydrogens is 236 g/mol. The summed E-state index contributed by atoms with van der Waals surface area (Å²) in [4.78, 5) is 36.6. The minimum Gasteiger partial charge on any atom is -0.335 e. The molecule has 7 nitrogen and oxygen atoms in total. The highest BCUT2D eigenvalue weighted by Gasteiger charge is 2.49. The molecule has 3 fully saturated rings. The SMILES string of the molecule is O=C1NC(=O)C2(CCCN(C(=O)NC3CC3)C2)N1. The molecular formula is C11H16N4O3. The molecule has 7 heteroatoms. The van der Waals surface area contributed by atoms with Gasteiger partial charge in [-0.05, 0) is 25.7 Å². The van der Waals surface area contributed by atoms with Gasteiger partial charge in [-0.1, -0.05) is 0 Å². The van der Waals surface area contributed by atoms with Crippen molar-refractivity contribution in [2.75, 3.05) is 13.1 Å². The molecule has 2 saturated heterocycles. The summed E-state index contributed by atoms with van der Waals surface area (Å²) < 4.78 is 0. The number of nitrogens with one attached hydrogen (secondary N) is 3. The third kappa shape index (κ3) is 1.89. The molecule has 5 amide bonds. The van der Waals surface area contributed by atoms with Crippen molar-refractivity contribution in [2.24, 2.45) is 0 Å². The standard InChI is InChI=1S/C11H16N4O3/c16-8-11(14-9(17)13-8)4-1-5-15(6-11)10(18)12-7-2-3-7/h7H,1-6H2,(H,12,18)(H2,13,14,16,17). The van der Waals surface area contributed by atoms with Gasteiger partial charge in [-0.15, -0.1) is 0 Å². The quantitative estimate of drug-likeness (QED) is 0.551. The first kappa shape index (κ1) is 11.3. The fraction of sp³-hybridized carbons (Fsp3) is 0.727. The van der Waals surface area contributed by atoms with E-state index in [4.69, 9.17) is 0 Å².